The molecule has 0 saturated carbocycles. The molecule has 1 saturated heterocycles. The minimum atomic E-state index is -0.333. The van der Waals surface area contributed by atoms with E-state index in [1.54, 1.807) is 0 Å². The second kappa shape index (κ2) is 11.3. The van der Waals surface area contributed by atoms with E-state index in [0.29, 0.717) is 17.3 Å². The van der Waals surface area contributed by atoms with Crippen LogP contribution in [0, 0.1) is 6.92 Å². The zero-order chi connectivity index (χ0) is 24.1. The van der Waals surface area contributed by atoms with E-state index in [4.69, 9.17) is 28.6 Å². The average molecular weight is 514 g/mol. The molecule has 8 heteroatoms. The molecule has 0 radical (unpaired) electrons. The van der Waals surface area contributed by atoms with Gasteiger partial charge in [-0.25, -0.2) is 4.79 Å². The number of benzene rings is 2. The highest BCUT2D eigenvalue weighted by molar-refractivity contribution is 7.80. The van der Waals surface area contributed by atoms with Gasteiger partial charge in [0.25, 0.3) is 0 Å². The lowest BCUT2D eigenvalue weighted by Gasteiger charge is -2.36. The smallest absolute Gasteiger partial charge is 0.341 e. The standard InChI is InChI=1S/C26H28ClN3O2S2/c1-3-32-25(31)23-22(19-9-5-4-6-10-19)18(2)34-24(23)28-26(33)30-15-13-29(14-16-30)17-20-11-7-8-12-21(20)27/h4-12H,3,13-17H2,1-2H3,(H,28,33). The molecule has 4 rings (SSSR count). The van der Waals surface area contributed by atoms with E-state index in [9.17, 15) is 4.79 Å². The van der Waals surface area contributed by atoms with Crippen LogP contribution in [0.2, 0.25) is 5.02 Å². The van der Waals surface area contributed by atoms with Gasteiger partial charge in [0.15, 0.2) is 5.11 Å². The van der Waals surface area contributed by atoms with Crippen molar-refractivity contribution in [2.24, 2.45) is 0 Å². The van der Waals surface area contributed by atoms with E-state index in [0.717, 1.165) is 64.3 Å². The van der Waals surface area contributed by atoms with E-state index in [1.165, 1.54) is 11.3 Å². The number of carbonyl (C=O) groups excluding carboxylic acids is 1. The average Bonchev–Trinajstić information content (AvgIpc) is 3.17. The number of hydrogen-bond donors (Lipinski definition) is 1. The number of nitrogens with one attached hydrogen (secondary N) is 1. The minimum Gasteiger partial charge on any atom is -0.462 e. The number of anilines is 1. The van der Waals surface area contributed by atoms with Crippen LogP contribution in [0.3, 0.4) is 0 Å². The Kier molecular flexibility index (Phi) is 8.21. The fourth-order valence-electron chi connectivity index (χ4n) is 4.14. The molecule has 0 amide bonds. The van der Waals surface area contributed by atoms with Crippen molar-refractivity contribution in [3.05, 3.63) is 75.6 Å². The largest absolute Gasteiger partial charge is 0.462 e. The SMILES string of the molecule is CCOC(=O)c1c(NC(=S)N2CCN(Cc3ccccc3Cl)CC2)sc(C)c1-c1ccccc1. The van der Waals surface area contributed by atoms with Crippen molar-refractivity contribution in [3.63, 3.8) is 0 Å². The summed E-state index contributed by atoms with van der Waals surface area (Å²) in [4.78, 5) is 18.5. The minimum absolute atomic E-state index is 0.319. The Hall–Kier alpha value is -2.45. The number of thiophene rings is 1. The number of aryl methyl sites for hydroxylation is 1. The van der Waals surface area contributed by atoms with Gasteiger partial charge in [-0.1, -0.05) is 60.1 Å². The summed E-state index contributed by atoms with van der Waals surface area (Å²) in [6, 6.07) is 17.9. The molecule has 2 aromatic carbocycles. The number of rotatable bonds is 6. The zero-order valence-corrected chi connectivity index (χ0v) is 21.7. The lowest BCUT2D eigenvalue weighted by Crippen LogP contribution is -2.49. The summed E-state index contributed by atoms with van der Waals surface area (Å²) in [5.41, 5.74) is 3.58. The van der Waals surface area contributed by atoms with Gasteiger partial charge in [0.05, 0.1) is 6.61 Å². The van der Waals surface area contributed by atoms with E-state index in [2.05, 4.69) is 21.2 Å². The van der Waals surface area contributed by atoms with E-state index < -0.39 is 0 Å². The van der Waals surface area contributed by atoms with Crippen molar-refractivity contribution in [1.82, 2.24) is 9.80 Å². The predicted octanol–water partition coefficient (Wildman–Crippen LogP) is 6.07. The van der Waals surface area contributed by atoms with Crippen LogP contribution in [-0.2, 0) is 11.3 Å². The first-order valence-electron chi connectivity index (χ1n) is 11.4. The van der Waals surface area contributed by atoms with Gasteiger partial charge in [0, 0.05) is 48.2 Å². The number of halogens is 1. The molecule has 5 nitrogen and oxygen atoms in total. The molecule has 0 unspecified atom stereocenters. The predicted molar refractivity (Wildman–Crippen MR) is 145 cm³/mol. The second-order valence-electron chi connectivity index (χ2n) is 8.11. The van der Waals surface area contributed by atoms with Gasteiger partial charge in [0.2, 0.25) is 0 Å². The van der Waals surface area contributed by atoms with Crippen LogP contribution in [0.4, 0.5) is 5.00 Å². The van der Waals surface area contributed by atoms with Gasteiger partial charge >= 0.3 is 5.97 Å². The first-order valence-corrected chi connectivity index (χ1v) is 13.0. The van der Waals surface area contributed by atoms with E-state index in [-0.39, 0.29) is 5.97 Å². The summed E-state index contributed by atoms with van der Waals surface area (Å²) in [6.45, 7) is 8.37. The second-order valence-corrected chi connectivity index (χ2v) is 10.1. The first kappa shape index (κ1) is 24.7. The highest BCUT2D eigenvalue weighted by Crippen LogP contribution is 2.40. The number of ether oxygens (including phenoxy) is 1. The quantitative estimate of drug-likeness (QED) is 0.319. The van der Waals surface area contributed by atoms with Crippen LogP contribution in [0.5, 0.6) is 0 Å². The fourth-order valence-corrected chi connectivity index (χ4v) is 5.74. The number of thiocarbonyl (C=S) groups is 1. The van der Waals surface area contributed by atoms with Crippen LogP contribution in [0.25, 0.3) is 11.1 Å². The Morgan fingerprint density at radius 2 is 1.76 bits per heavy atom. The zero-order valence-electron chi connectivity index (χ0n) is 19.3. The van der Waals surface area contributed by atoms with Gasteiger partial charge in [-0.15, -0.1) is 11.3 Å². The maximum absolute atomic E-state index is 12.9. The molecule has 2 heterocycles. The number of nitrogens with zero attached hydrogens (tertiary/aromatic N) is 2. The van der Waals surface area contributed by atoms with Crippen LogP contribution in [0.1, 0.15) is 27.7 Å². The molecule has 1 aromatic heterocycles. The number of esters is 1. The molecule has 0 bridgehead atoms. The Morgan fingerprint density at radius 1 is 1.09 bits per heavy atom. The van der Waals surface area contributed by atoms with Gasteiger partial charge in [-0.2, -0.15) is 0 Å². The Morgan fingerprint density at radius 3 is 2.44 bits per heavy atom. The molecule has 34 heavy (non-hydrogen) atoms. The van der Waals surface area contributed by atoms with Crippen molar-refractivity contribution >= 4 is 51.2 Å². The normalized spacial score (nSPS) is 14.1. The molecule has 0 spiro atoms. The third kappa shape index (κ3) is 5.61. The Labute approximate surface area is 215 Å². The molecule has 0 aliphatic carbocycles. The molecule has 178 valence electrons. The lowest BCUT2D eigenvalue weighted by atomic mass is 10.0. The van der Waals surface area contributed by atoms with Crippen molar-refractivity contribution in [2.45, 2.75) is 20.4 Å². The Bertz CT molecular complexity index is 1160. The summed E-state index contributed by atoms with van der Waals surface area (Å²) in [6.07, 6.45) is 0. The van der Waals surface area contributed by atoms with Crippen LogP contribution < -0.4 is 5.32 Å². The van der Waals surface area contributed by atoms with Crippen LogP contribution in [0.15, 0.2) is 54.6 Å². The molecule has 3 aromatic rings. The Balaban J connectivity index is 1.47. The summed E-state index contributed by atoms with van der Waals surface area (Å²) in [5.74, 6) is -0.333. The highest BCUT2D eigenvalue weighted by Gasteiger charge is 2.26. The summed E-state index contributed by atoms with van der Waals surface area (Å²) >= 11 is 13.6. The molecule has 1 N–H and O–H groups in total. The van der Waals surface area contributed by atoms with Crippen molar-refractivity contribution < 1.29 is 9.53 Å². The molecular formula is C26H28ClN3O2S2. The van der Waals surface area contributed by atoms with Gasteiger partial charge in [-0.3, -0.25) is 4.90 Å². The third-order valence-electron chi connectivity index (χ3n) is 5.86. The molecular weight excluding hydrogens is 486 g/mol. The van der Waals surface area contributed by atoms with Gasteiger partial charge in [-0.05, 0) is 43.3 Å². The van der Waals surface area contributed by atoms with Crippen molar-refractivity contribution in [2.75, 3.05) is 38.1 Å². The topological polar surface area (TPSA) is 44.8 Å². The van der Waals surface area contributed by atoms with Gasteiger partial charge < -0.3 is 15.0 Å². The molecule has 1 aliphatic rings. The fraction of sp³-hybridized carbons (Fsp3) is 0.308. The van der Waals surface area contributed by atoms with Crippen LogP contribution in [-0.4, -0.2) is 53.7 Å². The van der Waals surface area contributed by atoms with Gasteiger partial charge in [0.1, 0.15) is 10.6 Å². The summed E-state index contributed by atoms with van der Waals surface area (Å²) in [5, 5.41) is 5.52. The van der Waals surface area contributed by atoms with Crippen molar-refractivity contribution in [1.29, 1.82) is 0 Å². The van der Waals surface area contributed by atoms with E-state index >= 15 is 0 Å². The van der Waals surface area contributed by atoms with Crippen molar-refractivity contribution in [3.8, 4) is 11.1 Å². The highest BCUT2D eigenvalue weighted by atomic mass is 35.5. The first-order chi connectivity index (χ1) is 16.5. The maximum Gasteiger partial charge on any atom is 0.341 e. The maximum atomic E-state index is 12.9. The summed E-state index contributed by atoms with van der Waals surface area (Å²) < 4.78 is 5.40. The molecule has 0 atom stereocenters. The third-order valence-corrected chi connectivity index (χ3v) is 7.61. The monoisotopic (exact) mass is 513 g/mol. The number of hydrogen-bond acceptors (Lipinski definition) is 5. The van der Waals surface area contributed by atoms with E-state index in [1.807, 2.05) is 62.4 Å². The van der Waals surface area contributed by atoms with Crippen LogP contribution >= 0.6 is 35.2 Å². The number of carbonyl (C=O) groups is 1. The molecule has 1 fully saturated rings. The molecule has 1 aliphatic heterocycles. The summed E-state index contributed by atoms with van der Waals surface area (Å²) in [7, 11) is 0. The lowest BCUT2D eigenvalue weighted by molar-refractivity contribution is 0.0529. The number of piperazine rings is 1.